The van der Waals surface area contributed by atoms with Crippen LogP contribution in [0.25, 0.3) is 10.2 Å². The van der Waals surface area contributed by atoms with Gasteiger partial charge < -0.3 is 0 Å². The Bertz CT molecular complexity index is 517. The fraction of sp³-hybridized carbons (Fsp3) is 0.300. The highest BCUT2D eigenvalue weighted by Gasteiger charge is 2.14. The highest BCUT2D eigenvalue weighted by atomic mass is 35.5. The lowest BCUT2D eigenvalue weighted by Gasteiger charge is -2.03. The van der Waals surface area contributed by atoms with E-state index in [-0.39, 0.29) is 0 Å². The van der Waals surface area contributed by atoms with Crippen molar-refractivity contribution in [3.63, 3.8) is 0 Å². The number of aryl methyl sites for hydroxylation is 3. The highest BCUT2D eigenvalue weighted by molar-refractivity contribution is 7.19. The van der Waals surface area contributed by atoms with Crippen LogP contribution in [0.1, 0.15) is 16.1 Å². The van der Waals surface area contributed by atoms with Gasteiger partial charge in [0.1, 0.15) is 4.83 Å². The summed E-state index contributed by atoms with van der Waals surface area (Å²) in [4.78, 5) is 6.49. The molecule has 1 nitrogen and oxygen atoms in total. The second kappa shape index (κ2) is 3.37. The first kappa shape index (κ1) is 10.2. The lowest BCUT2D eigenvalue weighted by molar-refractivity contribution is 1.25. The van der Waals surface area contributed by atoms with Gasteiger partial charge in [0, 0.05) is 10.3 Å². The highest BCUT2D eigenvalue weighted by Crippen LogP contribution is 2.38. The second-order valence-corrected chi connectivity index (χ2v) is 5.25. The van der Waals surface area contributed by atoms with Crippen molar-refractivity contribution in [2.45, 2.75) is 20.8 Å². The van der Waals surface area contributed by atoms with Crippen molar-refractivity contribution < 1.29 is 0 Å². The van der Waals surface area contributed by atoms with E-state index in [0.29, 0.717) is 0 Å². The quantitative estimate of drug-likeness (QED) is 0.665. The van der Waals surface area contributed by atoms with Gasteiger partial charge in [-0.05, 0) is 26.3 Å². The zero-order chi connectivity index (χ0) is 10.5. The lowest BCUT2D eigenvalue weighted by atomic mass is 10.2. The fourth-order valence-corrected chi connectivity index (χ4v) is 3.06. The van der Waals surface area contributed by atoms with E-state index in [2.05, 4.69) is 4.98 Å². The molecule has 14 heavy (non-hydrogen) atoms. The van der Waals surface area contributed by atoms with Crippen LogP contribution >= 0.6 is 34.5 Å². The van der Waals surface area contributed by atoms with Crippen molar-refractivity contribution in [1.29, 1.82) is 0 Å². The minimum absolute atomic E-state index is 0.720. The van der Waals surface area contributed by atoms with Gasteiger partial charge in [-0.25, -0.2) is 4.98 Å². The fourth-order valence-electron chi connectivity index (χ4n) is 1.50. The van der Waals surface area contributed by atoms with Gasteiger partial charge in [-0.2, -0.15) is 0 Å². The molecule has 2 rings (SSSR count). The first-order valence-electron chi connectivity index (χ1n) is 4.23. The van der Waals surface area contributed by atoms with Crippen molar-refractivity contribution >= 4 is 44.8 Å². The minimum atomic E-state index is 0.720. The zero-order valence-corrected chi connectivity index (χ0v) is 10.4. The summed E-state index contributed by atoms with van der Waals surface area (Å²) in [6, 6.07) is 0. The van der Waals surface area contributed by atoms with E-state index in [1.54, 1.807) is 11.3 Å². The van der Waals surface area contributed by atoms with Gasteiger partial charge in [0.25, 0.3) is 0 Å². The van der Waals surface area contributed by atoms with Gasteiger partial charge in [-0.3, -0.25) is 0 Å². The van der Waals surface area contributed by atoms with E-state index in [1.807, 2.05) is 20.8 Å². The smallest absolute Gasteiger partial charge is 0.125 e. The molecule has 2 aromatic rings. The second-order valence-electron chi connectivity index (χ2n) is 3.29. The van der Waals surface area contributed by atoms with E-state index in [9.17, 15) is 0 Å². The first-order chi connectivity index (χ1) is 6.52. The first-order valence-corrected chi connectivity index (χ1v) is 5.81. The molecule has 4 heteroatoms. The Morgan fingerprint density at radius 2 is 1.71 bits per heavy atom. The van der Waals surface area contributed by atoms with Crippen LogP contribution in [-0.4, -0.2) is 4.98 Å². The summed E-state index contributed by atoms with van der Waals surface area (Å²) in [5, 5.41) is 2.51. The van der Waals surface area contributed by atoms with Crippen molar-refractivity contribution in [2.24, 2.45) is 0 Å². The molecule has 2 aromatic heterocycles. The van der Waals surface area contributed by atoms with Crippen molar-refractivity contribution in [1.82, 2.24) is 4.98 Å². The average Bonchev–Trinajstić information content (AvgIpc) is 2.39. The molecule has 0 atom stereocenters. The predicted molar refractivity (Wildman–Crippen MR) is 63.9 cm³/mol. The minimum Gasteiger partial charge on any atom is -0.241 e. The predicted octanol–water partition coefficient (Wildman–Crippen LogP) is 4.53. The Morgan fingerprint density at radius 1 is 1.07 bits per heavy atom. The van der Waals surface area contributed by atoms with Crippen molar-refractivity contribution in [3.8, 4) is 0 Å². The van der Waals surface area contributed by atoms with Gasteiger partial charge in [0.2, 0.25) is 0 Å². The molecule has 0 N–H and O–H groups in total. The number of hydrogen-bond donors (Lipinski definition) is 0. The molecule has 0 aliphatic heterocycles. The summed E-state index contributed by atoms with van der Waals surface area (Å²) >= 11 is 13.9. The normalized spacial score (nSPS) is 11.2. The summed E-state index contributed by atoms with van der Waals surface area (Å²) in [7, 11) is 0. The largest absolute Gasteiger partial charge is 0.241 e. The maximum Gasteiger partial charge on any atom is 0.125 e. The zero-order valence-electron chi connectivity index (χ0n) is 8.11. The van der Waals surface area contributed by atoms with E-state index in [1.165, 1.54) is 0 Å². The van der Waals surface area contributed by atoms with Crippen LogP contribution in [0.4, 0.5) is 0 Å². The molecule has 0 aliphatic rings. The molecule has 0 radical (unpaired) electrons. The van der Waals surface area contributed by atoms with E-state index in [0.717, 1.165) is 36.4 Å². The van der Waals surface area contributed by atoms with E-state index in [4.69, 9.17) is 23.2 Å². The SMILES string of the molecule is Cc1nc2sc(C)c(Cl)c2c(C)c1Cl. The molecule has 0 saturated carbocycles. The third-order valence-corrected chi connectivity index (χ3v) is 4.42. The molecule has 74 valence electrons. The molecule has 0 fully saturated rings. The van der Waals surface area contributed by atoms with Gasteiger partial charge in [-0.15, -0.1) is 11.3 Å². The molecule has 0 aromatic carbocycles. The van der Waals surface area contributed by atoms with Crippen LogP contribution in [0, 0.1) is 20.8 Å². The topological polar surface area (TPSA) is 12.9 Å². The maximum atomic E-state index is 6.18. The molecule has 0 unspecified atom stereocenters. The van der Waals surface area contributed by atoms with E-state index < -0.39 is 0 Å². The molecule has 0 saturated heterocycles. The molecular formula is C10H9Cl2NS. The van der Waals surface area contributed by atoms with E-state index >= 15 is 0 Å². The molecule has 2 heterocycles. The summed E-state index contributed by atoms with van der Waals surface area (Å²) in [6.45, 7) is 5.90. The third kappa shape index (κ3) is 1.33. The standard InChI is InChI=1S/C10H9Cl2NS/c1-4-7-9(12)6(3)14-10(7)13-5(2)8(4)11/h1-3H3. The lowest BCUT2D eigenvalue weighted by Crippen LogP contribution is -1.86. The number of hydrogen-bond acceptors (Lipinski definition) is 2. The Balaban J connectivity index is 2.99. The summed E-state index contributed by atoms with van der Waals surface area (Å²) < 4.78 is 0. The number of pyridine rings is 1. The molecular weight excluding hydrogens is 237 g/mol. The molecule has 0 amide bonds. The number of halogens is 2. The molecule has 0 spiro atoms. The summed E-state index contributed by atoms with van der Waals surface area (Å²) in [5.74, 6) is 0. The third-order valence-electron chi connectivity index (χ3n) is 2.28. The van der Waals surface area contributed by atoms with Crippen LogP contribution in [0.2, 0.25) is 10.0 Å². The number of thiophene rings is 1. The van der Waals surface area contributed by atoms with Gasteiger partial charge >= 0.3 is 0 Å². The molecule has 0 bridgehead atoms. The van der Waals surface area contributed by atoms with Crippen LogP contribution in [-0.2, 0) is 0 Å². The van der Waals surface area contributed by atoms with Crippen molar-refractivity contribution in [3.05, 3.63) is 26.2 Å². The Kier molecular flexibility index (Phi) is 2.46. The van der Waals surface area contributed by atoms with Crippen LogP contribution in [0.15, 0.2) is 0 Å². The number of rotatable bonds is 0. The monoisotopic (exact) mass is 245 g/mol. The number of nitrogens with zero attached hydrogens (tertiary/aromatic N) is 1. The Labute approximate surface area is 96.7 Å². The Hall–Kier alpha value is -0.310. The van der Waals surface area contributed by atoms with Crippen LogP contribution in [0.5, 0.6) is 0 Å². The van der Waals surface area contributed by atoms with Crippen LogP contribution in [0.3, 0.4) is 0 Å². The van der Waals surface area contributed by atoms with Gasteiger partial charge in [-0.1, -0.05) is 23.2 Å². The number of fused-ring (bicyclic) bond motifs is 1. The number of aromatic nitrogens is 1. The summed E-state index contributed by atoms with van der Waals surface area (Å²) in [6.07, 6.45) is 0. The average molecular weight is 246 g/mol. The Morgan fingerprint density at radius 3 is 2.36 bits per heavy atom. The van der Waals surface area contributed by atoms with Gasteiger partial charge in [0.15, 0.2) is 0 Å². The van der Waals surface area contributed by atoms with Crippen molar-refractivity contribution in [2.75, 3.05) is 0 Å². The summed E-state index contributed by atoms with van der Waals surface area (Å²) in [5.41, 5.74) is 1.90. The molecule has 0 aliphatic carbocycles. The van der Waals surface area contributed by atoms with Crippen LogP contribution < -0.4 is 0 Å². The maximum absolute atomic E-state index is 6.18. The van der Waals surface area contributed by atoms with Gasteiger partial charge in [0.05, 0.1) is 15.7 Å².